The molecule has 1 aromatic heterocycles. The lowest BCUT2D eigenvalue weighted by molar-refractivity contribution is 0.0937. The van der Waals surface area contributed by atoms with Crippen molar-refractivity contribution in [2.24, 2.45) is 0 Å². The van der Waals surface area contributed by atoms with E-state index < -0.39 is 0 Å². The second-order valence-corrected chi connectivity index (χ2v) is 9.14. The van der Waals surface area contributed by atoms with E-state index in [-0.39, 0.29) is 11.9 Å². The van der Waals surface area contributed by atoms with Crippen molar-refractivity contribution in [2.75, 3.05) is 13.7 Å². The molecule has 6 nitrogen and oxygen atoms in total. The SMILES string of the molecule is C/C=C/c1ccc(OCCCCn2c(C(C)NC(=O)c3ccc(C)cc3)nc3ccccc32)c(OC)c1. The Hall–Kier alpha value is -4.06. The fraction of sp³-hybridized carbons (Fsp3) is 0.290. The lowest BCUT2D eigenvalue weighted by atomic mass is 10.1. The Morgan fingerprint density at radius 3 is 2.59 bits per heavy atom. The normalized spacial score (nSPS) is 12.1. The Morgan fingerprint density at radius 2 is 1.84 bits per heavy atom. The summed E-state index contributed by atoms with van der Waals surface area (Å²) in [6.07, 6.45) is 5.81. The van der Waals surface area contributed by atoms with Gasteiger partial charge in [-0.05, 0) is 75.6 Å². The van der Waals surface area contributed by atoms with Gasteiger partial charge in [-0.1, -0.05) is 48.0 Å². The van der Waals surface area contributed by atoms with Gasteiger partial charge in [-0.2, -0.15) is 0 Å². The van der Waals surface area contributed by atoms with Crippen molar-refractivity contribution in [1.82, 2.24) is 14.9 Å². The first-order chi connectivity index (χ1) is 18.0. The van der Waals surface area contributed by atoms with Gasteiger partial charge in [0.2, 0.25) is 0 Å². The number of fused-ring (bicyclic) bond motifs is 1. The van der Waals surface area contributed by atoms with Gasteiger partial charge in [-0.25, -0.2) is 4.98 Å². The Balaban J connectivity index is 1.40. The summed E-state index contributed by atoms with van der Waals surface area (Å²) in [5.74, 6) is 2.23. The number of hydrogen-bond donors (Lipinski definition) is 1. The van der Waals surface area contributed by atoms with Gasteiger partial charge in [-0.3, -0.25) is 4.79 Å². The van der Waals surface area contributed by atoms with Gasteiger partial charge in [-0.15, -0.1) is 0 Å². The zero-order valence-corrected chi connectivity index (χ0v) is 22.0. The van der Waals surface area contributed by atoms with E-state index in [0.717, 1.165) is 58.9 Å². The van der Waals surface area contributed by atoms with E-state index in [0.29, 0.717) is 12.2 Å². The standard InChI is InChI=1S/C31H35N3O3/c1-5-10-24-15-18-28(29(21-24)36-4)37-20-9-8-19-34-27-12-7-6-11-26(27)33-30(34)23(3)32-31(35)25-16-13-22(2)14-17-25/h5-7,10-18,21,23H,8-9,19-20H2,1-4H3,(H,32,35)/b10-5+. The third-order valence-electron chi connectivity index (χ3n) is 6.31. The van der Waals surface area contributed by atoms with Crippen LogP contribution in [0.25, 0.3) is 17.1 Å². The summed E-state index contributed by atoms with van der Waals surface area (Å²) in [5, 5.41) is 3.12. The number of nitrogens with one attached hydrogen (secondary N) is 1. The zero-order valence-electron chi connectivity index (χ0n) is 22.0. The zero-order chi connectivity index (χ0) is 26.2. The number of unbranched alkanes of at least 4 members (excludes halogenated alkanes) is 1. The predicted octanol–water partition coefficient (Wildman–Crippen LogP) is 6.74. The molecule has 192 valence electrons. The van der Waals surface area contributed by atoms with Crippen molar-refractivity contribution in [1.29, 1.82) is 0 Å². The molecule has 3 aromatic carbocycles. The first kappa shape index (κ1) is 26.0. The Bertz CT molecular complexity index is 1370. The number of carbonyl (C=O) groups excluding carboxylic acids is 1. The molecule has 4 rings (SSSR count). The molecule has 6 heteroatoms. The van der Waals surface area contributed by atoms with Crippen LogP contribution < -0.4 is 14.8 Å². The average molecular weight is 498 g/mol. The van der Waals surface area contributed by atoms with Crippen molar-refractivity contribution < 1.29 is 14.3 Å². The number of carbonyl (C=O) groups is 1. The molecule has 0 saturated heterocycles. The lowest BCUT2D eigenvalue weighted by Gasteiger charge is -2.17. The fourth-order valence-corrected chi connectivity index (χ4v) is 4.36. The summed E-state index contributed by atoms with van der Waals surface area (Å²) in [6.45, 7) is 7.35. The van der Waals surface area contributed by atoms with E-state index in [4.69, 9.17) is 14.5 Å². The molecule has 1 amide bonds. The van der Waals surface area contributed by atoms with E-state index in [9.17, 15) is 4.79 Å². The highest BCUT2D eigenvalue weighted by Crippen LogP contribution is 2.29. The number of ether oxygens (including phenoxy) is 2. The van der Waals surface area contributed by atoms with E-state index in [1.807, 2.05) is 93.6 Å². The Morgan fingerprint density at radius 1 is 1.05 bits per heavy atom. The van der Waals surface area contributed by atoms with E-state index in [1.165, 1.54) is 0 Å². The number of benzene rings is 3. The van der Waals surface area contributed by atoms with Crippen LogP contribution in [-0.4, -0.2) is 29.2 Å². The Labute approximate surface area is 218 Å². The van der Waals surface area contributed by atoms with Crippen molar-refractivity contribution in [2.45, 2.75) is 46.2 Å². The number of methoxy groups -OCH3 is 1. The maximum atomic E-state index is 12.8. The molecule has 1 N–H and O–H groups in total. The third-order valence-corrected chi connectivity index (χ3v) is 6.31. The highest BCUT2D eigenvalue weighted by Gasteiger charge is 2.19. The molecule has 1 heterocycles. The summed E-state index contributed by atoms with van der Waals surface area (Å²) in [6, 6.07) is 21.4. The topological polar surface area (TPSA) is 65.4 Å². The molecule has 4 aromatic rings. The summed E-state index contributed by atoms with van der Waals surface area (Å²) in [4.78, 5) is 17.7. The molecular weight excluding hydrogens is 462 g/mol. The minimum absolute atomic E-state index is 0.103. The number of para-hydroxylation sites is 2. The molecule has 1 unspecified atom stereocenters. The minimum atomic E-state index is -0.239. The van der Waals surface area contributed by atoms with Gasteiger partial charge < -0.3 is 19.4 Å². The summed E-state index contributed by atoms with van der Waals surface area (Å²) in [7, 11) is 1.66. The van der Waals surface area contributed by atoms with Crippen LogP contribution in [0, 0.1) is 6.92 Å². The number of aromatic nitrogens is 2. The maximum Gasteiger partial charge on any atom is 0.251 e. The predicted molar refractivity (Wildman–Crippen MR) is 149 cm³/mol. The van der Waals surface area contributed by atoms with Gasteiger partial charge in [0.05, 0.1) is 30.8 Å². The molecule has 0 spiro atoms. The first-order valence-corrected chi connectivity index (χ1v) is 12.8. The van der Waals surface area contributed by atoms with Crippen LogP contribution in [-0.2, 0) is 6.54 Å². The number of rotatable bonds is 11. The van der Waals surface area contributed by atoms with Crippen molar-refractivity contribution >= 4 is 23.0 Å². The number of nitrogens with zero attached hydrogens (tertiary/aromatic N) is 2. The van der Waals surface area contributed by atoms with E-state index in [1.54, 1.807) is 7.11 Å². The van der Waals surface area contributed by atoms with E-state index in [2.05, 4.69) is 16.0 Å². The van der Waals surface area contributed by atoms with Crippen molar-refractivity contribution in [3.8, 4) is 11.5 Å². The molecule has 37 heavy (non-hydrogen) atoms. The number of allylic oxidation sites excluding steroid dienone is 1. The van der Waals surface area contributed by atoms with Crippen LogP contribution in [0.4, 0.5) is 0 Å². The summed E-state index contributed by atoms with van der Waals surface area (Å²) in [5.41, 5.74) is 4.84. The fourth-order valence-electron chi connectivity index (χ4n) is 4.36. The number of amides is 1. The summed E-state index contributed by atoms with van der Waals surface area (Å²) < 4.78 is 13.7. The van der Waals surface area contributed by atoms with Crippen molar-refractivity contribution in [3.63, 3.8) is 0 Å². The molecule has 0 aliphatic carbocycles. The monoisotopic (exact) mass is 497 g/mol. The molecular formula is C31H35N3O3. The number of hydrogen-bond acceptors (Lipinski definition) is 4. The maximum absolute atomic E-state index is 12.8. The van der Waals surface area contributed by atoms with Gasteiger partial charge >= 0.3 is 0 Å². The quantitative estimate of drug-likeness (QED) is 0.233. The van der Waals surface area contributed by atoms with Crippen molar-refractivity contribution in [3.05, 3.63) is 95.3 Å². The number of aryl methyl sites for hydroxylation is 2. The highest BCUT2D eigenvalue weighted by atomic mass is 16.5. The van der Waals surface area contributed by atoms with E-state index >= 15 is 0 Å². The second-order valence-electron chi connectivity index (χ2n) is 9.14. The van der Waals surface area contributed by atoms with Gasteiger partial charge in [0.15, 0.2) is 11.5 Å². The van der Waals surface area contributed by atoms with Gasteiger partial charge in [0.25, 0.3) is 5.91 Å². The molecule has 0 radical (unpaired) electrons. The van der Waals surface area contributed by atoms with Gasteiger partial charge in [0, 0.05) is 12.1 Å². The largest absolute Gasteiger partial charge is 0.493 e. The summed E-state index contributed by atoms with van der Waals surface area (Å²) >= 11 is 0. The van der Waals surface area contributed by atoms with Crippen LogP contribution in [0.3, 0.4) is 0 Å². The van der Waals surface area contributed by atoms with Crippen LogP contribution in [0.5, 0.6) is 11.5 Å². The molecule has 0 saturated carbocycles. The average Bonchev–Trinajstić information content (AvgIpc) is 3.28. The molecule has 0 bridgehead atoms. The third kappa shape index (κ3) is 6.39. The smallest absolute Gasteiger partial charge is 0.251 e. The second kappa shape index (κ2) is 12.3. The lowest BCUT2D eigenvalue weighted by Crippen LogP contribution is -2.28. The first-order valence-electron chi connectivity index (χ1n) is 12.8. The molecule has 0 fully saturated rings. The molecule has 1 atom stereocenters. The van der Waals surface area contributed by atoms with Crippen LogP contribution in [0.15, 0.2) is 72.8 Å². The van der Waals surface area contributed by atoms with Crippen LogP contribution in [0.2, 0.25) is 0 Å². The molecule has 0 aliphatic heterocycles. The Kier molecular flexibility index (Phi) is 8.62. The van der Waals surface area contributed by atoms with Gasteiger partial charge in [0.1, 0.15) is 5.82 Å². The molecule has 0 aliphatic rings. The van der Waals surface area contributed by atoms with Crippen LogP contribution in [0.1, 0.15) is 60.0 Å². The number of imidazole rings is 1. The highest BCUT2D eigenvalue weighted by molar-refractivity contribution is 5.94. The minimum Gasteiger partial charge on any atom is -0.493 e. The van der Waals surface area contributed by atoms with Crippen LogP contribution >= 0.6 is 0 Å².